The summed E-state index contributed by atoms with van der Waals surface area (Å²) in [5.41, 5.74) is 2.50. The number of rotatable bonds is 4. The van der Waals surface area contributed by atoms with Crippen LogP contribution in [0, 0.1) is 5.41 Å². The maximum atomic E-state index is 12.8. The van der Waals surface area contributed by atoms with Gasteiger partial charge in [0.2, 0.25) is 10.0 Å². The van der Waals surface area contributed by atoms with E-state index in [0.29, 0.717) is 34.1 Å². The van der Waals surface area contributed by atoms with Crippen LogP contribution in [0.1, 0.15) is 64.0 Å². The first kappa shape index (κ1) is 20.9. The summed E-state index contributed by atoms with van der Waals surface area (Å²) in [6, 6.07) is 7.42. The summed E-state index contributed by atoms with van der Waals surface area (Å²) in [4.78, 5) is 15.9. The molecule has 2 fully saturated rings. The van der Waals surface area contributed by atoms with Crippen LogP contribution < -0.4 is 10.9 Å². The number of hydrogen-bond acceptors (Lipinski definition) is 5. The summed E-state index contributed by atoms with van der Waals surface area (Å²) < 4.78 is 29.1. The normalized spacial score (nSPS) is 23.3. The van der Waals surface area contributed by atoms with Crippen LogP contribution >= 0.6 is 0 Å². The van der Waals surface area contributed by atoms with E-state index in [1.54, 1.807) is 18.3 Å². The average molecular weight is 468 g/mol. The third-order valence-corrected chi connectivity index (χ3v) is 9.86. The Balaban J connectivity index is 1.37. The molecule has 1 aliphatic heterocycles. The Bertz CT molecular complexity index is 1420. The molecule has 2 aliphatic carbocycles. The average Bonchev–Trinajstić information content (AvgIpc) is 3.20. The second-order valence-electron chi connectivity index (χ2n) is 10.1. The first-order valence-corrected chi connectivity index (χ1v) is 13.3. The fourth-order valence-electron chi connectivity index (χ4n) is 5.90. The van der Waals surface area contributed by atoms with Crippen molar-refractivity contribution in [3.63, 3.8) is 0 Å². The Morgan fingerprint density at radius 3 is 2.73 bits per heavy atom. The Labute approximate surface area is 193 Å². The molecule has 0 amide bonds. The van der Waals surface area contributed by atoms with Gasteiger partial charge in [-0.15, -0.1) is 0 Å². The monoisotopic (exact) mass is 467 g/mol. The number of fused-ring (bicyclic) bond motifs is 2. The molecular weight excluding hydrogens is 438 g/mol. The number of hydrogen-bond donors (Lipinski definition) is 2. The van der Waals surface area contributed by atoms with E-state index in [9.17, 15) is 13.2 Å². The van der Waals surface area contributed by atoms with Crippen LogP contribution in [0.3, 0.4) is 0 Å². The molecule has 9 heteroatoms. The van der Waals surface area contributed by atoms with Gasteiger partial charge in [0.05, 0.1) is 16.5 Å². The van der Waals surface area contributed by atoms with E-state index < -0.39 is 10.0 Å². The largest absolute Gasteiger partial charge is 0.338 e. The van der Waals surface area contributed by atoms with Crippen LogP contribution in [0.25, 0.3) is 10.9 Å². The van der Waals surface area contributed by atoms with Gasteiger partial charge in [0.15, 0.2) is 5.82 Å². The first-order valence-electron chi connectivity index (χ1n) is 11.8. The Hall–Kier alpha value is -2.65. The van der Waals surface area contributed by atoms with E-state index in [1.165, 1.54) is 36.4 Å². The van der Waals surface area contributed by atoms with Crippen molar-refractivity contribution < 1.29 is 8.42 Å². The predicted molar refractivity (Wildman–Crippen MR) is 127 cm³/mol. The Morgan fingerprint density at radius 1 is 1.18 bits per heavy atom. The quantitative estimate of drug-likeness (QED) is 0.597. The molecule has 3 aliphatic rings. The number of aromatic nitrogens is 3. The summed E-state index contributed by atoms with van der Waals surface area (Å²) in [6.07, 6.45) is 9.12. The molecule has 0 bridgehead atoms. The van der Waals surface area contributed by atoms with Crippen LogP contribution in [0.5, 0.6) is 0 Å². The summed E-state index contributed by atoms with van der Waals surface area (Å²) in [7, 11) is -3.46. The molecule has 3 aromatic rings. The minimum absolute atomic E-state index is 0.109. The molecule has 1 aromatic carbocycles. The van der Waals surface area contributed by atoms with Crippen molar-refractivity contribution in [3.8, 4) is 0 Å². The van der Waals surface area contributed by atoms with E-state index >= 15 is 0 Å². The summed E-state index contributed by atoms with van der Waals surface area (Å²) in [5, 5.41) is 8.75. The molecule has 2 N–H and O–H groups in total. The fraction of sp³-hybridized carbons (Fsp3) is 0.500. The molecule has 6 rings (SSSR count). The SMILES string of the molecule is CC(C)N1Cc2cc(Nc3nn(C4CC45CCCCC5)c4cc[nH]c(=O)c34)ccc2S1(=O)=O. The fourth-order valence-corrected chi connectivity index (χ4v) is 7.71. The maximum Gasteiger partial charge on any atom is 0.261 e. The van der Waals surface area contributed by atoms with Crippen LogP contribution in [0.2, 0.25) is 0 Å². The zero-order chi connectivity index (χ0) is 23.0. The zero-order valence-corrected chi connectivity index (χ0v) is 19.8. The lowest BCUT2D eigenvalue weighted by atomic mass is 9.86. The van der Waals surface area contributed by atoms with Gasteiger partial charge in [0.25, 0.3) is 5.56 Å². The summed E-state index contributed by atoms with van der Waals surface area (Å²) in [5.74, 6) is 0.520. The Morgan fingerprint density at radius 2 is 1.97 bits per heavy atom. The number of benzene rings is 1. The highest BCUT2D eigenvalue weighted by atomic mass is 32.2. The number of nitrogens with one attached hydrogen (secondary N) is 2. The molecule has 1 unspecified atom stereocenters. The van der Waals surface area contributed by atoms with E-state index in [-0.39, 0.29) is 11.6 Å². The van der Waals surface area contributed by atoms with Crippen LogP contribution in [0.15, 0.2) is 40.2 Å². The van der Waals surface area contributed by atoms with Gasteiger partial charge in [-0.3, -0.25) is 9.48 Å². The van der Waals surface area contributed by atoms with Crippen molar-refractivity contribution >= 4 is 32.4 Å². The summed E-state index contributed by atoms with van der Waals surface area (Å²) >= 11 is 0. The Kier molecular flexibility index (Phi) is 4.55. The second kappa shape index (κ2) is 7.17. The predicted octanol–water partition coefficient (Wildman–Crippen LogP) is 4.28. The third-order valence-electron chi connectivity index (χ3n) is 7.73. The van der Waals surface area contributed by atoms with Crippen molar-refractivity contribution in [2.45, 2.75) is 75.9 Å². The van der Waals surface area contributed by atoms with E-state index in [1.807, 2.05) is 26.0 Å². The molecule has 174 valence electrons. The number of aromatic amines is 1. The highest BCUT2D eigenvalue weighted by Gasteiger charge is 2.56. The van der Waals surface area contributed by atoms with E-state index in [2.05, 4.69) is 15.0 Å². The molecule has 2 aromatic heterocycles. The zero-order valence-electron chi connectivity index (χ0n) is 19.0. The van der Waals surface area contributed by atoms with Crippen LogP contribution in [-0.2, 0) is 16.6 Å². The highest BCUT2D eigenvalue weighted by Crippen LogP contribution is 2.64. The van der Waals surface area contributed by atoms with E-state index in [0.717, 1.165) is 23.2 Å². The number of pyridine rings is 1. The second-order valence-corrected chi connectivity index (χ2v) is 12.0. The summed E-state index contributed by atoms with van der Waals surface area (Å²) in [6.45, 7) is 4.11. The van der Waals surface area contributed by atoms with Crippen LogP contribution in [-0.4, -0.2) is 33.5 Å². The number of H-pyrrole nitrogens is 1. The number of sulfonamides is 1. The van der Waals surface area contributed by atoms with E-state index in [4.69, 9.17) is 5.10 Å². The van der Waals surface area contributed by atoms with Crippen molar-refractivity contribution in [2.75, 3.05) is 5.32 Å². The topological polar surface area (TPSA) is 100 Å². The van der Waals surface area contributed by atoms with Gasteiger partial charge < -0.3 is 10.3 Å². The van der Waals surface area contributed by atoms with Gasteiger partial charge in [-0.2, -0.15) is 9.40 Å². The molecule has 8 nitrogen and oxygen atoms in total. The minimum atomic E-state index is -3.46. The lowest BCUT2D eigenvalue weighted by Crippen LogP contribution is -2.31. The van der Waals surface area contributed by atoms with Crippen molar-refractivity contribution in [2.24, 2.45) is 5.41 Å². The molecule has 1 spiro atoms. The highest BCUT2D eigenvalue weighted by molar-refractivity contribution is 7.89. The molecule has 33 heavy (non-hydrogen) atoms. The smallest absolute Gasteiger partial charge is 0.261 e. The van der Waals surface area contributed by atoms with Gasteiger partial charge in [0.1, 0.15) is 5.39 Å². The number of nitrogens with zero attached hydrogens (tertiary/aromatic N) is 3. The van der Waals surface area contributed by atoms with Gasteiger partial charge in [0, 0.05) is 24.5 Å². The van der Waals surface area contributed by atoms with Gasteiger partial charge in [-0.05, 0) is 68.4 Å². The molecule has 0 radical (unpaired) electrons. The van der Waals surface area contributed by atoms with Gasteiger partial charge >= 0.3 is 0 Å². The van der Waals surface area contributed by atoms with Crippen molar-refractivity contribution in [1.29, 1.82) is 0 Å². The standard InChI is InChI=1S/C24H29N5O3S/c1-15(2)28-14-16-12-17(6-7-19(16)33(28,31)32)26-22-21-18(8-11-25-23(21)30)29(27-22)20-13-24(20)9-4-3-5-10-24/h6-8,11-12,15,20H,3-5,9-10,13-14H2,1-2H3,(H,25,30)(H,26,27). The minimum Gasteiger partial charge on any atom is -0.338 e. The molecule has 0 saturated heterocycles. The lowest BCUT2D eigenvalue weighted by Gasteiger charge is -2.22. The van der Waals surface area contributed by atoms with Gasteiger partial charge in [-0.1, -0.05) is 19.3 Å². The molecule has 3 heterocycles. The van der Waals surface area contributed by atoms with Crippen molar-refractivity contribution in [1.82, 2.24) is 19.1 Å². The molecular formula is C24H29N5O3S. The molecule has 2 saturated carbocycles. The third kappa shape index (κ3) is 3.16. The van der Waals surface area contributed by atoms with Crippen molar-refractivity contribution in [3.05, 3.63) is 46.4 Å². The number of anilines is 2. The maximum absolute atomic E-state index is 12.8. The molecule has 1 atom stereocenters. The van der Waals surface area contributed by atoms with Gasteiger partial charge in [-0.25, -0.2) is 8.42 Å². The first-order chi connectivity index (χ1) is 15.8. The van der Waals surface area contributed by atoms with Crippen LogP contribution in [0.4, 0.5) is 11.5 Å². The lowest BCUT2D eigenvalue weighted by molar-refractivity contribution is 0.303.